The second-order valence-electron chi connectivity index (χ2n) is 4.21. The number of hydrogen-bond acceptors (Lipinski definition) is 3. The second kappa shape index (κ2) is 4.25. The van der Waals surface area contributed by atoms with Crippen LogP contribution in [0.25, 0.3) is 0 Å². The van der Waals surface area contributed by atoms with Gasteiger partial charge < -0.3 is 10.0 Å². The van der Waals surface area contributed by atoms with Crippen molar-refractivity contribution in [1.82, 2.24) is 4.90 Å². The maximum atomic E-state index is 11.8. The first-order chi connectivity index (χ1) is 8.02. The lowest BCUT2D eigenvalue weighted by Crippen LogP contribution is -2.58. The van der Waals surface area contributed by atoms with Gasteiger partial charge in [-0.15, -0.1) is 0 Å². The summed E-state index contributed by atoms with van der Waals surface area (Å²) in [5, 5.41) is 9.14. The molecule has 2 aliphatic rings. The number of carboxylic acids is 1. The number of amides is 1. The van der Waals surface area contributed by atoms with Gasteiger partial charge in [0.25, 0.3) is 0 Å². The summed E-state index contributed by atoms with van der Waals surface area (Å²) < 4.78 is 11.8. The van der Waals surface area contributed by atoms with E-state index in [0.717, 1.165) is 0 Å². The predicted octanol–water partition coefficient (Wildman–Crippen LogP) is 0.692. The summed E-state index contributed by atoms with van der Waals surface area (Å²) >= 11 is 0. The van der Waals surface area contributed by atoms with Crippen molar-refractivity contribution in [1.29, 1.82) is 0 Å². The van der Waals surface area contributed by atoms with Crippen molar-refractivity contribution < 1.29 is 18.9 Å². The SMILES string of the molecule is CCC1C(=O)N2C(C(=O)O)=C(S(=O)CC)CC12. The first-order valence-corrected chi connectivity index (χ1v) is 7.02. The summed E-state index contributed by atoms with van der Waals surface area (Å²) in [6.07, 6.45) is 1.16. The smallest absolute Gasteiger partial charge is 0.353 e. The second-order valence-corrected chi connectivity index (χ2v) is 5.97. The van der Waals surface area contributed by atoms with Crippen molar-refractivity contribution in [2.75, 3.05) is 5.75 Å². The van der Waals surface area contributed by atoms with E-state index in [4.69, 9.17) is 5.11 Å². The Bertz CT molecular complexity index is 443. The molecule has 0 radical (unpaired) electrons. The van der Waals surface area contributed by atoms with E-state index in [0.29, 0.717) is 23.5 Å². The van der Waals surface area contributed by atoms with Crippen molar-refractivity contribution in [3.8, 4) is 0 Å². The Balaban J connectivity index is 2.36. The number of carbonyl (C=O) groups excluding carboxylic acids is 1. The molecule has 3 unspecified atom stereocenters. The van der Waals surface area contributed by atoms with Gasteiger partial charge in [0.2, 0.25) is 5.91 Å². The van der Waals surface area contributed by atoms with Crippen LogP contribution in [0, 0.1) is 5.92 Å². The molecular formula is C11H15NO4S. The number of β-lactam (4-membered cyclic amide) rings is 1. The van der Waals surface area contributed by atoms with Gasteiger partial charge in [0, 0.05) is 17.1 Å². The maximum absolute atomic E-state index is 11.8. The molecule has 1 N–H and O–H groups in total. The topological polar surface area (TPSA) is 74.7 Å². The van der Waals surface area contributed by atoms with E-state index >= 15 is 0 Å². The standard InChI is InChI=1S/C11H15NO4S/c1-3-6-7-5-8(17(16)4-2)9(11(14)15)12(7)10(6)13/h6-7H,3-5H2,1-2H3,(H,14,15). The third-order valence-electron chi connectivity index (χ3n) is 3.43. The zero-order valence-electron chi connectivity index (χ0n) is 9.80. The van der Waals surface area contributed by atoms with Crippen molar-refractivity contribution in [2.45, 2.75) is 32.7 Å². The molecule has 1 fully saturated rings. The number of aliphatic carboxylic acids is 1. The van der Waals surface area contributed by atoms with Gasteiger partial charge in [-0.3, -0.25) is 9.00 Å². The molecule has 0 spiro atoms. The first kappa shape index (κ1) is 12.3. The molecule has 0 aromatic rings. The highest BCUT2D eigenvalue weighted by molar-refractivity contribution is 7.89. The Morgan fingerprint density at radius 3 is 2.65 bits per heavy atom. The largest absolute Gasteiger partial charge is 0.477 e. The highest BCUT2D eigenvalue weighted by atomic mass is 32.2. The maximum Gasteiger partial charge on any atom is 0.353 e. The van der Waals surface area contributed by atoms with Gasteiger partial charge >= 0.3 is 5.97 Å². The van der Waals surface area contributed by atoms with Crippen molar-refractivity contribution in [2.24, 2.45) is 5.92 Å². The summed E-state index contributed by atoms with van der Waals surface area (Å²) in [4.78, 5) is 24.7. The minimum atomic E-state index is -1.28. The van der Waals surface area contributed by atoms with Crippen LogP contribution in [-0.4, -0.2) is 37.9 Å². The van der Waals surface area contributed by atoms with Crippen LogP contribution < -0.4 is 0 Å². The average Bonchev–Trinajstić information content (AvgIpc) is 2.64. The van der Waals surface area contributed by atoms with Crippen LogP contribution in [0.1, 0.15) is 26.7 Å². The van der Waals surface area contributed by atoms with Gasteiger partial charge in [-0.1, -0.05) is 13.8 Å². The van der Waals surface area contributed by atoms with Crippen LogP contribution in [0.4, 0.5) is 0 Å². The molecule has 3 atom stereocenters. The Labute approximate surface area is 102 Å². The lowest BCUT2D eigenvalue weighted by atomic mass is 9.85. The van der Waals surface area contributed by atoms with Gasteiger partial charge in [-0.2, -0.15) is 0 Å². The zero-order chi connectivity index (χ0) is 12.7. The summed E-state index contributed by atoms with van der Waals surface area (Å²) in [6, 6.07) is -0.0795. The number of carboxylic acid groups (broad SMARTS) is 1. The molecule has 2 aliphatic heterocycles. The minimum Gasteiger partial charge on any atom is -0.477 e. The Hall–Kier alpha value is -1.17. The van der Waals surface area contributed by atoms with E-state index in [1.807, 2.05) is 6.92 Å². The molecular weight excluding hydrogens is 242 g/mol. The number of fused-ring (bicyclic) bond motifs is 1. The summed E-state index contributed by atoms with van der Waals surface area (Å²) in [6.45, 7) is 3.66. The van der Waals surface area contributed by atoms with Crippen molar-refractivity contribution in [3.05, 3.63) is 10.6 Å². The molecule has 94 valence electrons. The van der Waals surface area contributed by atoms with Crippen LogP contribution in [0.2, 0.25) is 0 Å². The van der Waals surface area contributed by atoms with E-state index in [9.17, 15) is 13.8 Å². The zero-order valence-corrected chi connectivity index (χ0v) is 10.6. The summed E-state index contributed by atoms with van der Waals surface area (Å²) in [5.41, 5.74) is -0.0371. The van der Waals surface area contributed by atoms with Gasteiger partial charge in [-0.25, -0.2) is 4.79 Å². The monoisotopic (exact) mass is 257 g/mol. The number of hydrogen-bond donors (Lipinski definition) is 1. The Kier molecular flexibility index (Phi) is 3.07. The summed E-state index contributed by atoms with van der Waals surface area (Å²) in [5.74, 6) is -1.00. The van der Waals surface area contributed by atoms with E-state index in [1.54, 1.807) is 6.92 Å². The van der Waals surface area contributed by atoms with Gasteiger partial charge in [0.05, 0.1) is 22.8 Å². The van der Waals surface area contributed by atoms with Crippen LogP contribution in [0.5, 0.6) is 0 Å². The molecule has 2 heterocycles. The highest BCUT2D eigenvalue weighted by Crippen LogP contribution is 2.44. The highest BCUT2D eigenvalue weighted by Gasteiger charge is 2.54. The fourth-order valence-corrected chi connectivity index (χ4v) is 3.69. The molecule has 1 saturated heterocycles. The van der Waals surface area contributed by atoms with Crippen LogP contribution in [0.15, 0.2) is 10.6 Å². The fraction of sp³-hybridized carbons (Fsp3) is 0.636. The average molecular weight is 257 g/mol. The molecule has 17 heavy (non-hydrogen) atoms. The minimum absolute atomic E-state index is 0.0371. The van der Waals surface area contributed by atoms with Gasteiger partial charge in [-0.05, 0) is 6.42 Å². The number of nitrogens with zero attached hydrogens (tertiary/aromatic N) is 1. The third-order valence-corrected chi connectivity index (χ3v) is 4.86. The molecule has 0 aromatic carbocycles. The Morgan fingerprint density at radius 1 is 1.53 bits per heavy atom. The predicted molar refractivity (Wildman–Crippen MR) is 62.4 cm³/mol. The number of carbonyl (C=O) groups is 2. The van der Waals surface area contributed by atoms with Crippen molar-refractivity contribution >= 4 is 22.7 Å². The molecule has 0 aliphatic carbocycles. The number of rotatable bonds is 4. The van der Waals surface area contributed by atoms with Crippen LogP contribution in [-0.2, 0) is 20.4 Å². The summed E-state index contributed by atoms with van der Waals surface area (Å²) in [7, 11) is -1.28. The van der Waals surface area contributed by atoms with Crippen LogP contribution in [0.3, 0.4) is 0 Å². The molecule has 1 amide bonds. The van der Waals surface area contributed by atoms with E-state index in [1.165, 1.54) is 4.90 Å². The van der Waals surface area contributed by atoms with Crippen molar-refractivity contribution in [3.63, 3.8) is 0 Å². The first-order valence-electron chi connectivity index (χ1n) is 5.70. The molecule has 6 heteroatoms. The Morgan fingerprint density at radius 2 is 2.18 bits per heavy atom. The molecule has 0 aromatic heterocycles. The van der Waals surface area contributed by atoms with Crippen LogP contribution >= 0.6 is 0 Å². The third kappa shape index (κ3) is 1.62. The fourth-order valence-electron chi connectivity index (χ4n) is 2.58. The van der Waals surface area contributed by atoms with E-state index < -0.39 is 16.8 Å². The van der Waals surface area contributed by atoms with Gasteiger partial charge in [0.1, 0.15) is 5.70 Å². The molecule has 2 rings (SSSR count). The van der Waals surface area contributed by atoms with E-state index in [-0.39, 0.29) is 23.6 Å². The molecule has 0 saturated carbocycles. The van der Waals surface area contributed by atoms with Gasteiger partial charge in [0.15, 0.2) is 0 Å². The molecule has 5 nitrogen and oxygen atoms in total. The lowest BCUT2D eigenvalue weighted by Gasteiger charge is -2.42. The lowest BCUT2D eigenvalue weighted by molar-refractivity contribution is -0.155. The quantitative estimate of drug-likeness (QED) is 0.752. The molecule has 0 bridgehead atoms. The van der Waals surface area contributed by atoms with E-state index in [2.05, 4.69) is 0 Å². The normalized spacial score (nSPS) is 29.1.